The Morgan fingerprint density at radius 3 is 2.42 bits per heavy atom. The lowest BCUT2D eigenvalue weighted by Gasteiger charge is -2.22. The molecule has 2 heterocycles. The normalized spacial score (nSPS) is 24.6. The zero-order valence-electron chi connectivity index (χ0n) is 12.1. The largest absolute Gasteiger partial charge is 0.424 e. The first-order chi connectivity index (χ1) is 9.38. The van der Waals surface area contributed by atoms with Crippen LogP contribution in [-0.2, 0) is 8.85 Å². The fraction of sp³-hybridized carbons (Fsp3) is 0.600. The van der Waals surface area contributed by atoms with Crippen LogP contribution in [0.5, 0.6) is 0 Å². The van der Waals surface area contributed by atoms with Crippen molar-refractivity contribution in [3.05, 3.63) is 29.8 Å². The zero-order chi connectivity index (χ0) is 13.3. The van der Waals surface area contributed by atoms with Crippen LogP contribution in [0.2, 0.25) is 12.1 Å². The Balaban J connectivity index is 0.000000186. The van der Waals surface area contributed by atoms with Crippen molar-refractivity contribution in [3.8, 4) is 0 Å². The highest BCUT2D eigenvalue weighted by molar-refractivity contribution is 6.68. The molecule has 0 aromatic heterocycles. The molecule has 0 N–H and O–H groups in total. The van der Waals surface area contributed by atoms with Crippen LogP contribution in [-0.4, -0.2) is 32.0 Å². The van der Waals surface area contributed by atoms with Crippen LogP contribution < -0.4 is 5.19 Å². The molecule has 1 aromatic rings. The molecule has 0 radical (unpaired) electrons. The van der Waals surface area contributed by atoms with E-state index >= 15 is 0 Å². The first kappa shape index (κ1) is 15.0. The maximum absolute atomic E-state index is 5.88. The van der Waals surface area contributed by atoms with Crippen molar-refractivity contribution in [2.45, 2.75) is 44.7 Å². The summed E-state index contributed by atoms with van der Waals surface area (Å²) in [5, 5.41) is 1.52. The molecule has 2 aliphatic heterocycles. The molecule has 106 valence electrons. The molecule has 0 spiro atoms. The fourth-order valence-electron chi connectivity index (χ4n) is 2.62. The summed E-state index contributed by atoms with van der Waals surface area (Å²) in [4.78, 5) is 0. The van der Waals surface area contributed by atoms with E-state index in [-0.39, 0.29) is 9.76 Å². The molecule has 0 bridgehead atoms. The van der Waals surface area contributed by atoms with Crippen LogP contribution >= 0.6 is 0 Å². The van der Waals surface area contributed by atoms with E-state index in [1.165, 1.54) is 48.5 Å². The lowest BCUT2D eigenvalue weighted by Crippen LogP contribution is -2.37. The first-order valence-corrected chi connectivity index (χ1v) is 11.1. The Labute approximate surface area is 121 Å². The molecular formula is C15H26O2Si2. The molecule has 4 heteroatoms. The Kier molecular flexibility index (Phi) is 6.85. The molecule has 0 aliphatic carbocycles. The van der Waals surface area contributed by atoms with Gasteiger partial charge in [-0.3, -0.25) is 0 Å². The van der Waals surface area contributed by atoms with Crippen molar-refractivity contribution in [3.63, 3.8) is 0 Å². The highest BCUT2D eigenvalue weighted by Crippen LogP contribution is 2.12. The van der Waals surface area contributed by atoms with E-state index < -0.39 is 9.04 Å². The zero-order valence-corrected chi connectivity index (χ0v) is 14.6. The standard InChI is InChI=1S/C11H16OSi.C4H10OSi/c1-10-6-2-3-7-11(10)13-9-5-4-8-12-13;1-2-4-6-5-3-1/h2-3,6-7,13H,4-5,8-9H2,1H3;1-4,6H2. The van der Waals surface area contributed by atoms with Crippen molar-refractivity contribution in [1.29, 1.82) is 0 Å². The summed E-state index contributed by atoms with van der Waals surface area (Å²) in [5.74, 6) is 0. The van der Waals surface area contributed by atoms with Gasteiger partial charge in [0.05, 0.1) is 0 Å². The summed E-state index contributed by atoms with van der Waals surface area (Å²) >= 11 is 0. The van der Waals surface area contributed by atoms with Gasteiger partial charge in [0, 0.05) is 13.2 Å². The predicted octanol–water partition coefficient (Wildman–Crippen LogP) is 2.04. The smallest absolute Gasteiger partial charge is 0.208 e. The van der Waals surface area contributed by atoms with E-state index in [0.29, 0.717) is 0 Å². The monoisotopic (exact) mass is 294 g/mol. The number of hydrogen-bond acceptors (Lipinski definition) is 2. The molecule has 2 nitrogen and oxygen atoms in total. The van der Waals surface area contributed by atoms with Gasteiger partial charge in [0.1, 0.15) is 0 Å². The third-order valence-corrected chi connectivity index (χ3v) is 8.07. The van der Waals surface area contributed by atoms with Crippen LogP contribution in [0.3, 0.4) is 0 Å². The van der Waals surface area contributed by atoms with E-state index in [0.717, 1.165) is 13.2 Å². The maximum Gasteiger partial charge on any atom is 0.208 e. The average molecular weight is 295 g/mol. The van der Waals surface area contributed by atoms with E-state index in [4.69, 9.17) is 8.85 Å². The second kappa shape index (κ2) is 8.69. The van der Waals surface area contributed by atoms with Crippen molar-refractivity contribution >= 4 is 24.0 Å². The third kappa shape index (κ3) is 5.22. The first-order valence-electron chi connectivity index (χ1n) is 7.63. The van der Waals surface area contributed by atoms with Crippen LogP contribution in [0.25, 0.3) is 0 Å². The Hall–Kier alpha value is -0.426. The van der Waals surface area contributed by atoms with Crippen molar-refractivity contribution in [1.82, 2.24) is 0 Å². The third-order valence-electron chi connectivity index (χ3n) is 3.79. The summed E-state index contributed by atoms with van der Waals surface area (Å²) in [6, 6.07) is 11.4. The predicted molar refractivity (Wildman–Crippen MR) is 86.5 cm³/mol. The van der Waals surface area contributed by atoms with Crippen LogP contribution in [0, 0.1) is 6.92 Å². The van der Waals surface area contributed by atoms with E-state index in [1.807, 2.05) is 0 Å². The second-order valence-electron chi connectivity index (χ2n) is 5.38. The SMILES string of the molecule is C1CC[SiH2]OC1.Cc1ccccc1[SiH]1CCCCO1. The van der Waals surface area contributed by atoms with Crippen molar-refractivity contribution in [2.75, 3.05) is 13.2 Å². The molecule has 1 unspecified atom stereocenters. The molecule has 1 aromatic carbocycles. The molecule has 1 atom stereocenters. The minimum Gasteiger partial charge on any atom is -0.424 e. The van der Waals surface area contributed by atoms with E-state index in [1.54, 1.807) is 0 Å². The van der Waals surface area contributed by atoms with Crippen molar-refractivity contribution < 1.29 is 8.85 Å². The quantitative estimate of drug-likeness (QED) is 0.738. The van der Waals surface area contributed by atoms with E-state index in [9.17, 15) is 0 Å². The summed E-state index contributed by atoms with van der Waals surface area (Å²) < 4.78 is 11.1. The number of benzene rings is 1. The van der Waals surface area contributed by atoms with Gasteiger partial charge < -0.3 is 8.85 Å². The highest BCUT2D eigenvalue weighted by Gasteiger charge is 2.19. The molecule has 0 amide bonds. The highest BCUT2D eigenvalue weighted by atomic mass is 28.3. The van der Waals surface area contributed by atoms with Gasteiger partial charge in [-0.05, 0) is 42.6 Å². The molecular weight excluding hydrogens is 268 g/mol. The Morgan fingerprint density at radius 1 is 1.05 bits per heavy atom. The fourth-order valence-corrected chi connectivity index (χ4v) is 6.49. The van der Waals surface area contributed by atoms with Crippen LogP contribution in [0.4, 0.5) is 0 Å². The second-order valence-corrected chi connectivity index (χ2v) is 9.42. The topological polar surface area (TPSA) is 18.5 Å². The molecule has 2 saturated heterocycles. The lowest BCUT2D eigenvalue weighted by molar-refractivity contribution is 0.294. The Bertz CT molecular complexity index is 349. The van der Waals surface area contributed by atoms with Gasteiger partial charge in [-0.2, -0.15) is 0 Å². The van der Waals surface area contributed by atoms with Gasteiger partial charge in [-0.25, -0.2) is 0 Å². The summed E-state index contributed by atoms with van der Waals surface area (Å²) in [6.07, 6.45) is 5.37. The van der Waals surface area contributed by atoms with Gasteiger partial charge in [0.15, 0.2) is 9.76 Å². The maximum atomic E-state index is 5.88. The van der Waals surface area contributed by atoms with Gasteiger partial charge in [0.25, 0.3) is 0 Å². The van der Waals surface area contributed by atoms with Crippen LogP contribution in [0.15, 0.2) is 24.3 Å². The number of aryl methyl sites for hydroxylation is 1. The number of hydrogen-bond donors (Lipinski definition) is 0. The molecule has 19 heavy (non-hydrogen) atoms. The minimum atomic E-state index is -1.02. The average Bonchev–Trinajstić information content (AvgIpc) is 2.51. The van der Waals surface area contributed by atoms with Gasteiger partial charge in [-0.1, -0.05) is 37.1 Å². The minimum absolute atomic E-state index is 0.00849. The molecule has 0 saturated carbocycles. The molecule has 2 fully saturated rings. The summed E-state index contributed by atoms with van der Waals surface area (Å²) in [6.45, 7) is 4.25. The molecule has 2 aliphatic rings. The lowest BCUT2D eigenvalue weighted by atomic mass is 10.2. The summed E-state index contributed by atoms with van der Waals surface area (Å²) in [7, 11) is -1.02. The van der Waals surface area contributed by atoms with Gasteiger partial charge >= 0.3 is 0 Å². The van der Waals surface area contributed by atoms with Gasteiger partial charge in [0.2, 0.25) is 9.04 Å². The molecule has 3 rings (SSSR count). The van der Waals surface area contributed by atoms with Crippen LogP contribution in [0.1, 0.15) is 31.2 Å². The summed E-state index contributed by atoms with van der Waals surface area (Å²) in [5.41, 5.74) is 1.42. The number of rotatable bonds is 1. The Morgan fingerprint density at radius 2 is 1.89 bits per heavy atom. The van der Waals surface area contributed by atoms with Crippen molar-refractivity contribution in [2.24, 2.45) is 0 Å². The van der Waals surface area contributed by atoms with E-state index in [2.05, 4.69) is 31.2 Å². The van der Waals surface area contributed by atoms with Gasteiger partial charge in [-0.15, -0.1) is 0 Å².